The summed E-state index contributed by atoms with van der Waals surface area (Å²) in [7, 11) is 0. The van der Waals surface area contributed by atoms with Crippen molar-refractivity contribution < 1.29 is 9.90 Å². The smallest absolute Gasteiger partial charge is 0.143 e. The van der Waals surface area contributed by atoms with E-state index in [1.54, 1.807) is 12.3 Å². The number of carbonyl (C=O) groups is 1. The Bertz CT molecular complexity index is 587. The second-order valence-corrected chi connectivity index (χ2v) is 4.98. The van der Waals surface area contributed by atoms with Gasteiger partial charge in [-0.15, -0.1) is 0 Å². The van der Waals surface area contributed by atoms with Gasteiger partial charge < -0.3 is 14.8 Å². The Morgan fingerprint density at radius 3 is 2.63 bits per heavy atom. The van der Waals surface area contributed by atoms with Crippen molar-refractivity contribution in [3.8, 4) is 0 Å². The first-order valence-corrected chi connectivity index (χ1v) is 6.52. The number of aryl methyl sites for hydroxylation is 1. The van der Waals surface area contributed by atoms with E-state index in [4.69, 9.17) is 0 Å². The summed E-state index contributed by atoms with van der Waals surface area (Å²) in [5, 5.41) is 11.3. The zero-order valence-electron chi connectivity index (χ0n) is 10.3. The maximum atomic E-state index is 11.3. The van der Waals surface area contributed by atoms with E-state index in [0.29, 0.717) is 5.82 Å². The number of hydrogen-bond acceptors (Lipinski definition) is 3. The van der Waals surface area contributed by atoms with Gasteiger partial charge >= 0.3 is 0 Å². The van der Waals surface area contributed by atoms with Gasteiger partial charge in [0.25, 0.3) is 0 Å². The van der Waals surface area contributed by atoms with Crippen molar-refractivity contribution in [1.29, 1.82) is 0 Å². The predicted octanol–water partition coefficient (Wildman–Crippen LogP) is 2.50. The number of rotatable bonds is 3. The van der Waals surface area contributed by atoms with Gasteiger partial charge in [0, 0.05) is 10.7 Å². The highest BCUT2D eigenvalue weighted by molar-refractivity contribution is 9.10. The van der Waals surface area contributed by atoms with Gasteiger partial charge in [-0.1, -0.05) is 30.3 Å². The summed E-state index contributed by atoms with van der Waals surface area (Å²) in [4.78, 5) is 16.5. The molecule has 1 heterocycles. The van der Waals surface area contributed by atoms with E-state index in [-0.39, 0.29) is 6.54 Å². The van der Waals surface area contributed by atoms with E-state index in [1.807, 2.05) is 37.3 Å². The van der Waals surface area contributed by atoms with E-state index in [1.165, 1.54) is 0 Å². The van der Waals surface area contributed by atoms with Crippen molar-refractivity contribution >= 4 is 27.8 Å². The Labute approximate surface area is 119 Å². The average Bonchev–Trinajstić information content (AvgIpc) is 2.40. The molecule has 2 aromatic rings. The number of carboxylic acid groups (broad SMARTS) is 1. The van der Waals surface area contributed by atoms with Gasteiger partial charge in [-0.25, -0.2) is 4.98 Å². The maximum Gasteiger partial charge on any atom is 0.143 e. The SMILES string of the molecule is Cc1cc(N(Cc2ccccc2)C(=O)[O-])ncc1Br. The summed E-state index contributed by atoms with van der Waals surface area (Å²) in [6.07, 6.45) is 0.323. The molecule has 1 amide bonds. The molecule has 0 saturated carbocycles. The van der Waals surface area contributed by atoms with Gasteiger partial charge in [-0.2, -0.15) is 0 Å². The van der Waals surface area contributed by atoms with Crippen LogP contribution in [0.5, 0.6) is 0 Å². The minimum absolute atomic E-state index is 0.219. The van der Waals surface area contributed by atoms with Crippen molar-refractivity contribution in [2.24, 2.45) is 0 Å². The third-order valence-electron chi connectivity index (χ3n) is 2.71. The molecule has 0 fully saturated rings. The molecule has 0 atom stereocenters. The number of carbonyl (C=O) groups excluding carboxylic acids is 1. The quantitative estimate of drug-likeness (QED) is 0.873. The van der Waals surface area contributed by atoms with Crippen LogP contribution in [0, 0.1) is 6.92 Å². The number of nitrogens with zero attached hydrogens (tertiary/aromatic N) is 2. The molecule has 0 spiro atoms. The van der Waals surface area contributed by atoms with Crippen molar-refractivity contribution in [3.05, 3.63) is 58.2 Å². The van der Waals surface area contributed by atoms with Gasteiger partial charge in [-0.05, 0) is 40.0 Å². The molecule has 0 bridgehead atoms. The van der Waals surface area contributed by atoms with E-state index < -0.39 is 6.09 Å². The fourth-order valence-electron chi connectivity index (χ4n) is 1.68. The fourth-order valence-corrected chi connectivity index (χ4v) is 1.89. The van der Waals surface area contributed by atoms with E-state index in [2.05, 4.69) is 20.9 Å². The number of aromatic nitrogens is 1. The lowest BCUT2D eigenvalue weighted by Gasteiger charge is -2.24. The molecule has 5 heteroatoms. The Hall–Kier alpha value is -1.88. The summed E-state index contributed by atoms with van der Waals surface area (Å²) >= 11 is 3.34. The maximum absolute atomic E-state index is 11.3. The first-order valence-electron chi connectivity index (χ1n) is 5.72. The summed E-state index contributed by atoms with van der Waals surface area (Å²) < 4.78 is 0.842. The van der Waals surface area contributed by atoms with Crippen LogP contribution in [0.2, 0.25) is 0 Å². The van der Waals surface area contributed by atoms with Crippen LogP contribution < -0.4 is 10.0 Å². The molecule has 0 aliphatic heterocycles. The van der Waals surface area contributed by atoms with E-state index in [9.17, 15) is 9.90 Å². The van der Waals surface area contributed by atoms with Gasteiger partial charge in [0.2, 0.25) is 0 Å². The van der Waals surface area contributed by atoms with Crippen LogP contribution in [0.15, 0.2) is 47.1 Å². The van der Waals surface area contributed by atoms with Crippen molar-refractivity contribution in [1.82, 2.24) is 4.98 Å². The Morgan fingerprint density at radius 2 is 2.05 bits per heavy atom. The molecule has 0 saturated heterocycles. The first kappa shape index (κ1) is 13.5. The summed E-state index contributed by atoms with van der Waals surface area (Å²) in [5.41, 5.74) is 1.80. The second-order valence-electron chi connectivity index (χ2n) is 4.13. The molecule has 98 valence electrons. The van der Waals surface area contributed by atoms with Crippen LogP contribution in [0.4, 0.5) is 10.6 Å². The number of anilines is 1. The van der Waals surface area contributed by atoms with Crippen LogP contribution in [-0.4, -0.2) is 11.1 Å². The number of hydrogen-bond donors (Lipinski definition) is 0. The summed E-state index contributed by atoms with van der Waals surface area (Å²) in [5.74, 6) is 0.365. The Balaban J connectivity index is 2.30. The van der Waals surface area contributed by atoms with Crippen molar-refractivity contribution in [2.45, 2.75) is 13.5 Å². The van der Waals surface area contributed by atoms with E-state index in [0.717, 1.165) is 20.5 Å². The number of pyridine rings is 1. The number of benzene rings is 1. The molecular weight excluding hydrogens is 308 g/mol. The zero-order chi connectivity index (χ0) is 13.8. The topological polar surface area (TPSA) is 56.3 Å². The van der Waals surface area contributed by atoms with Crippen LogP contribution in [-0.2, 0) is 6.54 Å². The normalized spacial score (nSPS) is 10.2. The molecule has 19 heavy (non-hydrogen) atoms. The van der Waals surface area contributed by atoms with Gasteiger partial charge in [-0.3, -0.25) is 0 Å². The fraction of sp³-hybridized carbons (Fsp3) is 0.143. The molecule has 0 aliphatic carbocycles. The number of halogens is 1. The highest BCUT2D eigenvalue weighted by Crippen LogP contribution is 2.21. The van der Waals surface area contributed by atoms with E-state index >= 15 is 0 Å². The predicted molar refractivity (Wildman–Crippen MR) is 74.7 cm³/mol. The van der Waals surface area contributed by atoms with Gasteiger partial charge in [0.05, 0.1) is 6.54 Å². The van der Waals surface area contributed by atoms with Crippen LogP contribution in [0.25, 0.3) is 0 Å². The highest BCUT2D eigenvalue weighted by Gasteiger charge is 2.11. The largest absolute Gasteiger partial charge is 0.530 e. The third kappa shape index (κ3) is 3.32. The lowest BCUT2D eigenvalue weighted by Crippen LogP contribution is -2.41. The molecule has 4 nitrogen and oxygen atoms in total. The zero-order valence-corrected chi connectivity index (χ0v) is 11.9. The van der Waals surface area contributed by atoms with Gasteiger partial charge in [0.1, 0.15) is 11.9 Å². The van der Waals surface area contributed by atoms with Crippen molar-refractivity contribution in [2.75, 3.05) is 4.90 Å². The lowest BCUT2D eigenvalue weighted by atomic mass is 10.2. The number of amides is 1. The Kier molecular flexibility index (Phi) is 4.16. The standard InChI is InChI=1S/C14H13BrN2O2/c1-10-7-13(16-8-12(10)15)17(14(18)19)9-11-5-3-2-4-6-11/h2-8H,9H2,1H3,(H,18,19)/p-1. The highest BCUT2D eigenvalue weighted by atomic mass is 79.9. The Morgan fingerprint density at radius 1 is 1.37 bits per heavy atom. The monoisotopic (exact) mass is 319 g/mol. The molecule has 0 aliphatic rings. The van der Waals surface area contributed by atoms with Gasteiger partial charge in [0.15, 0.2) is 0 Å². The molecule has 0 unspecified atom stereocenters. The van der Waals surface area contributed by atoms with Crippen LogP contribution in [0.3, 0.4) is 0 Å². The summed E-state index contributed by atoms with van der Waals surface area (Å²) in [6.45, 7) is 2.10. The lowest BCUT2D eigenvalue weighted by molar-refractivity contribution is -0.246. The average molecular weight is 320 g/mol. The summed E-state index contributed by atoms with van der Waals surface area (Å²) in [6, 6.07) is 11.0. The molecule has 1 aromatic heterocycles. The molecule has 1 aromatic carbocycles. The van der Waals surface area contributed by atoms with Crippen LogP contribution >= 0.6 is 15.9 Å². The van der Waals surface area contributed by atoms with Crippen LogP contribution in [0.1, 0.15) is 11.1 Å². The molecule has 2 rings (SSSR count). The third-order valence-corrected chi connectivity index (χ3v) is 3.54. The minimum Gasteiger partial charge on any atom is -0.530 e. The molecule has 0 N–H and O–H groups in total. The molecular formula is C14H12BrN2O2-. The molecule has 0 radical (unpaired) electrons. The first-order chi connectivity index (χ1) is 9.08. The second kappa shape index (κ2) is 5.84. The van der Waals surface area contributed by atoms with Crippen molar-refractivity contribution in [3.63, 3.8) is 0 Å². The minimum atomic E-state index is -1.27.